The van der Waals surface area contributed by atoms with Crippen molar-refractivity contribution in [3.63, 3.8) is 0 Å². The Morgan fingerprint density at radius 3 is 2.31 bits per heavy atom. The molecule has 0 amide bonds. The predicted molar refractivity (Wildman–Crippen MR) is 75.9 cm³/mol. The van der Waals surface area contributed by atoms with Crippen molar-refractivity contribution in [3.8, 4) is 0 Å². The summed E-state index contributed by atoms with van der Waals surface area (Å²) >= 11 is 3.49. The van der Waals surface area contributed by atoms with Crippen molar-refractivity contribution in [1.82, 2.24) is 4.90 Å². The highest BCUT2D eigenvalue weighted by Gasteiger charge is 2.25. The molecule has 0 aromatic rings. The monoisotopic (exact) mass is 285 g/mol. The summed E-state index contributed by atoms with van der Waals surface area (Å²) in [6.45, 7) is 10.2. The van der Waals surface area contributed by atoms with Gasteiger partial charge in [0.15, 0.2) is 0 Å². The van der Waals surface area contributed by atoms with E-state index in [1.165, 1.54) is 12.8 Å². The zero-order valence-corrected chi connectivity index (χ0v) is 12.5. The van der Waals surface area contributed by atoms with Crippen LogP contribution in [0.15, 0.2) is 24.4 Å². The lowest BCUT2D eigenvalue weighted by Gasteiger charge is -2.35. The summed E-state index contributed by atoms with van der Waals surface area (Å²) in [5.74, 6) is 0. The molecule has 0 saturated heterocycles. The summed E-state index contributed by atoms with van der Waals surface area (Å²) in [6, 6.07) is 0. The number of hydrogen-bond donors (Lipinski definition) is 0. The number of alkyl halides is 1. The Kier molecular flexibility index (Phi) is 4.66. The number of allylic oxidation sites excluding steroid dienone is 2. The Bertz CT molecular complexity index is 276. The van der Waals surface area contributed by atoms with Gasteiger partial charge in [-0.2, -0.15) is 0 Å². The summed E-state index contributed by atoms with van der Waals surface area (Å²) in [5, 5.41) is 1.10. The van der Waals surface area contributed by atoms with Gasteiger partial charge in [-0.3, -0.25) is 0 Å². The normalized spacial score (nSPS) is 22.2. The fourth-order valence-corrected chi connectivity index (χ4v) is 2.18. The Morgan fingerprint density at radius 1 is 1.00 bits per heavy atom. The maximum Gasteiger partial charge on any atom is 0.0523 e. The molecule has 0 atom stereocenters. The van der Waals surface area contributed by atoms with Crippen LogP contribution in [0.4, 0.5) is 0 Å². The SMILES string of the molecule is CC1(C)C=CN(CCCCBr)C(C)(C)C=C1. The van der Waals surface area contributed by atoms with Gasteiger partial charge in [0, 0.05) is 17.3 Å². The van der Waals surface area contributed by atoms with Crippen LogP contribution in [-0.2, 0) is 0 Å². The summed E-state index contributed by atoms with van der Waals surface area (Å²) in [5.41, 5.74) is 0.317. The van der Waals surface area contributed by atoms with E-state index in [9.17, 15) is 0 Å². The van der Waals surface area contributed by atoms with Gasteiger partial charge in [-0.1, -0.05) is 48.0 Å². The second-order valence-electron chi connectivity index (χ2n) is 5.71. The highest BCUT2D eigenvalue weighted by Crippen LogP contribution is 2.28. The molecule has 0 unspecified atom stereocenters. The van der Waals surface area contributed by atoms with E-state index in [4.69, 9.17) is 0 Å². The van der Waals surface area contributed by atoms with Gasteiger partial charge in [0.05, 0.1) is 5.54 Å². The number of unbranched alkanes of at least 4 members (excludes halogenated alkanes) is 1. The van der Waals surface area contributed by atoms with Gasteiger partial charge in [0.25, 0.3) is 0 Å². The zero-order valence-electron chi connectivity index (χ0n) is 11.0. The molecular weight excluding hydrogens is 262 g/mol. The number of halogens is 1. The lowest BCUT2D eigenvalue weighted by Crippen LogP contribution is -2.38. The van der Waals surface area contributed by atoms with Gasteiger partial charge in [-0.15, -0.1) is 0 Å². The van der Waals surface area contributed by atoms with Crippen LogP contribution >= 0.6 is 15.9 Å². The van der Waals surface area contributed by atoms with Crippen molar-refractivity contribution in [2.24, 2.45) is 5.41 Å². The fraction of sp³-hybridized carbons (Fsp3) is 0.714. The van der Waals surface area contributed by atoms with E-state index in [0.29, 0.717) is 0 Å². The van der Waals surface area contributed by atoms with E-state index >= 15 is 0 Å². The molecule has 0 bridgehead atoms. The van der Waals surface area contributed by atoms with Crippen molar-refractivity contribution in [3.05, 3.63) is 24.4 Å². The third kappa shape index (κ3) is 3.97. The topological polar surface area (TPSA) is 3.24 Å². The maximum atomic E-state index is 3.49. The average molecular weight is 286 g/mol. The third-order valence-electron chi connectivity index (χ3n) is 3.13. The van der Waals surface area contributed by atoms with E-state index in [-0.39, 0.29) is 11.0 Å². The van der Waals surface area contributed by atoms with Gasteiger partial charge < -0.3 is 4.90 Å². The lowest BCUT2D eigenvalue weighted by atomic mass is 9.92. The molecule has 0 spiro atoms. The molecular formula is C14H24BrN. The Labute approximate surface area is 109 Å². The van der Waals surface area contributed by atoms with Crippen LogP contribution in [0, 0.1) is 5.41 Å². The van der Waals surface area contributed by atoms with Crippen LogP contribution in [0.3, 0.4) is 0 Å². The second-order valence-corrected chi connectivity index (χ2v) is 6.51. The Morgan fingerprint density at radius 2 is 1.69 bits per heavy atom. The minimum atomic E-state index is 0.135. The highest BCUT2D eigenvalue weighted by molar-refractivity contribution is 9.09. The van der Waals surface area contributed by atoms with Gasteiger partial charge in [0.2, 0.25) is 0 Å². The third-order valence-corrected chi connectivity index (χ3v) is 3.69. The number of hydrogen-bond acceptors (Lipinski definition) is 1. The molecule has 0 N–H and O–H groups in total. The molecule has 0 aliphatic carbocycles. The first-order chi connectivity index (χ1) is 7.37. The molecule has 16 heavy (non-hydrogen) atoms. The molecule has 0 aromatic carbocycles. The maximum absolute atomic E-state index is 3.49. The first kappa shape index (κ1) is 13.8. The average Bonchev–Trinajstić information content (AvgIpc) is 2.29. The van der Waals surface area contributed by atoms with Gasteiger partial charge >= 0.3 is 0 Å². The molecule has 1 aliphatic heterocycles. The predicted octanol–water partition coefficient (Wildman–Crippen LogP) is 4.35. The molecule has 0 aromatic heterocycles. The molecule has 1 nitrogen and oxygen atoms in total. The molecule has 1 heterocycles. The minimum absolute atomic E-state index is 0.135. The van der Waals surface area contributed by atoms with Crippen LogP contribution < -0.4 is 0 Å². The fourth-order valence-electron chi connectivity index (χ4n) is 1.78. The van der Waals surface area contributed by atoms with Gasteiger partial charge in [-0.05, 0) is 32.9 Å². The van der Waals surface area contributed by atoms with E-state index in [2.05, 4.69) is 73.0 Å². The van der Waals surface area contributed by atoms with Crippen molar-refractivity contribution in [1.29, 1.82) is 0 Å². The van der Waals surface area contributed by atoms with Crippen LogP contribution in [0.1, 0.15) is 40.5 Å². The Balaban J connectivity index is 2.71. The summed E-state index contributed by atoms with van der Waals surface area (Å²) in [4.78, 5) is 2.45. The minimum Gasteiger partial charge on any atom is -0.369 e. The first-order valence-corrected chi connectivity index (χ1v) is 7.22. The van der Waals surface area contributed by atoms with Gasteiger partial charge in [-0.25, -0.2) is 0 Å². The summed E-state index contributed by atoms with van der Waals surface area (Å²) < 4.78 is 0. The van der Waals surface area contributed by atoms with Crippen molar-refractivity contribution >= 4 is 15.9 Å². The lowest BCUT2D eigenvalue weighted by molar-refractivity contribution is 0.234. The van der Waals surface area contributed by atoms with E-state index in [1.807, 2.05) is 0 Å². The van der Waals surface area contributed by atoms with Crippen LogP contribution in [-0.4, -0.2) is 22.3 Å². The molecule has 92 valence electrons. The first-order valence-electron chi connectivity index (χ1n) is 6.10. The smallest absolute Gasteiger partial charge is 0.0523 e. The summed E-state index contributed by atoms with van der Waals surface area (Å²) in [6.07, 6.45) is 11.7. The molecule has 1 rings (SSSR count). The summed E-state index contributed by atoms with van der Waals surface area (Å²) in [7, 11) is 0. The molecule has 0 fully saturated rings. The van der Waals surface area contributed by atoms with E-state index < -0.39 is 0 Å². The Hall–Kier alpha value is -0.240. The van der Waals surface area contributed by atoms with Crippen molar-refractivity contribution in [2.45, 2.75) is 46.1 Å². The highest BCUT2D eigenvalue weighted by atomic mass is 79.9. The number of rotatable bonds is 4. The van der Waals surface area contributed by atoms with Crippen LogP contribution in [0.25, 0.3) is 0 Å². The standard InChI is InChI=1S/C14H24BrN/c1-13(2)7-8-14(3,4)16(12-9-13)11-6-5-10-15/h7-9,12H,5-6,10-11H2,1-4H3. The zero-order chi connectivity index (χ0) is 12.2. The van der Waals surface area contributed by atoms with Crippen LogP contribution in [0.5, 0.6) is 0 Å². The van der Waals surface area contributed by atoms with Crippen LogP contribution in [0.2, 0.25) is 0 Å². The molecule has 2 heteroatoms. The van der Waals surface area contributed by atoms with E-state index in [1.54, 1.807) is 0 Å². The van der Waals surface area contributed by atoms with Gasteiger partial charge in [0.1, 0.15) is 0 Å². The quantitative estimate of drug-likeness (QED) is 0.422. The van der Waals surface area contributed by atoms with Crippen molar-refractivity contribution < 1.29 is 0 Å². The second kappa shape index (κ2) is 5.39. The molecule has 1 aliphatic rings. The molecule has 0 radical (unpaired) electrons. The molecule has 0 saturated carbocycles. The van der Waals surface area contributed by atoms with Crippen molar-refractivity contribution in [2.75, 3.05) is 11.9 Å². The largest absolute Gasteiger partial charge is 0.369 e. The van der Waals surface area contributed by atoms with E-state index in [0.717, 1.165) is 11.9 Å². The number of nitrogens with zero attached hydrogens (tertiary/aromatic N) is 1.